The van der Waals surface area contributed by atoms with E-state index in [1.807, 2.05) is 6.07 Å². The van der Waals surface area contributed by atoms with Crippen LogP contribution in [0.15, 0.2) is 24.3 Å². The Morgan fingerprint density at radius 1 is 1.21 bits per heavy atom. The second kappa shape index (κ2) is 8.51. The molecule has 0 amide bonds. The summed E-state index contributed by atoms with van der Waals surface area (Å²) in [5.41, 5.74) is 0.796. The largest absolute Gasteiger partial charge is 0.377 e. The number of unbranched alkanes of at least 4 members (excludes halogenated alkanes) is 3. The highest BCUT2D eigenvalue weighted by molar-refractivity contribution is 5.61. The maximum Gasteiger partial charge on any atom is 0.292 e. The molecule has 1 aromatic carbocycles. The van der Waals surface area contributed by atoms with Crippen LogP contribution in [0.1, 0.15) is 52.4 Å². The van der Waals surface area contributed by atoms with E-state index in [-0.39, 0.29) is 10.6 Å². The van der Waals surface area contributed by atoms with Gasteiger partial charge < -0.3 is 5.32 Å². The normalized spacial score (nSPS) is 12.1. The van der Waals surface area contributed by atoms with Crippen LogP contribution in [0.25, 0.3) is 0 Å². The fourth-order valence-corrected chi connectivity index (χ4v) is 2.17. The fraction of sp³-hybridized carbons (Fsp3) is 0.600. The van der Waals surface area contributed by atoms with Crippen LogP contribution in [-0.4, -0.2) is 11.0 Å². The second-order valence-electron chi connectivity index (χ2n) is 4.87. The minimum Gasteiger partial charge on any atom is -0.377 e. The van der Waals surface area contributed by atoms with Crippen molar-refractivity contribution in [1.82, 2.24) is 0 Å². The van der Waals surface area contributed by atoms with Crippen molar-refractivity contribution < 1.29 is 4.92 Å². The number of anilines is 1. The van der Waals surface area contributed by atoms with Crippen molar-refractivity contribution in [3.63, 3.8) is 0 Å². The molecule has 0 saturated carbocycles. The number of benzene rings is 1. The van der Waals surface area contributed by atoms with E-state index >= 15 is 0 Å². The van der Waals surface area contributed by atoms with Crippen molar-refractivity contribution >= 4 is 11.4 Å². The molecule has 1 unspecified atom stereocenters. The van der Waals surface area contributed by atoms with Crippen molar-refractivity contribution in [2.45, 2.75) is 58.4 Å². The van der Waals surface area contributed by atoms with Crippen LogP contribution in [0.3, 0.4) is 0 Å². The molecule has 0 fully saturated rings. The van der Waals surface area contributed by atoms with Crippen LogP contribution in [0.2, 0.25) is 0 Å². The molecular formula is C15H24N2O2. The Hall–Kier alpha value is -1.58. The predicted molar refractivity (Wildman–Crippen MR) is 79.6 cm³/mol. The quantitative estimate of drug-likeness (QED) is 0.397. The number of nitro groups is 1. The molecule has 0 heterocycles. The van der Waals surface area contributed by atoms with E-state index in [4.69, 9.17) is 0 Å². The van der Waals surface area contributed by atoms with Crippen molar-refractivity contribution in [3.05, 3.63) is 34.4 Å². The Balaban J connectivity index is 2.57. The van der Waals surface area contributed by atoms with Crippen LogP contribution in [0.4, 0.5) is 11.4 Å². The first-order chi connectivity index (χ1) is 9.19. The average Bonchev–Trinajstić information content (AvgIpc) is 2.42. The van der Waals surface area contributed by atoms with Crippen LogP contribution in [0.5, 0.6) is 0 Å². The molecule has 0 spiro atoms. The molecule has 106 valence electrons. The lowest BCUT2D eigenvalue weighted by Crippen LogP contribution is -2.19. The first-order valence-corrected chi connectivity index (χ1v) is 7.19. The molecule has 19 heavy (non-hydrogen) atoms. The Morgan fingerprint density at radius 2 is 1.95 bits per heavy atom. The van der Waals surface area contributed by atoms with Gasteiger partial charge in [-0.1, -0.05) is 51.7 Å². The molecule has 0 aliphatic carbocycles. The Morgan fingerprint density at radius 3 is 2.58 bits per heavy atom. The summed E-state index contributed by atoms with van der Waals surface area (Å²) in [7, 11) is 0. The first kappa shape index (κ1) is 15.5. The highest BCUT2D eigenvalue weighted by atomic mass is 16.6. The number of hydrogen-bond donors (Lipinski definition) is 1. The molecule has 4 heteroatoms. The summed E-state index contributed by atoms with van der Waals surface area (Å²) >= 11 is 0. The highest BCUT2D eigenvalue weighted by Gasteiger charge is 2.15. The van der Waals surface area contributed by atoms with Gasteiger partial charge in [0.2, 0.25) is 0 Å². The van der Waals surface area contributed by atoms with E-state index in [9.17, 15) is 10.1 Å². The van der Waals surface area contributed by atoms with E-state index < -0.39 is 0 Å². The summed E-state index contributed by atoms with van der Waals surface area (Å²) in [5, 5.41) is 14.3. The number of nitro benzene ring substituents is 1. The van der Waals surface area contributed by atoms with Crippen molar-refractivity contribution in [2.75, 3.05) is 5.32 Å². The van der Waals surface area contributed by atoms with E-state index in [1.165, 1.54) is 25.7 Å². The molecule has 0 bridgehead atoms. The van der Waals surface area contributed by atoms with E-state index in [0.29, 0.717) is 11.7 Å². The van der Waals surface area contributed by atoms with Gasteiger partial charge in [-0.2, -0.15) is 0 Å². The standard InChI is InChI=1S/C15H24N2O2/c1-3-5-6-7-10-13(4-2)16-14-11-8-9-12-15(14)17(18)19/h8-9,11-13,16H,3-7,10H2,1-2H3. The number of rotatable bonds is 9. The number of hydrogen-bond acceptors (Lipinski definition) is 3. The number of nitrogens with zero attached hydrogens (tertiary/aromatic N) is 1. The van der Waals surface area contributed by atoms with Crippen LogP contribution < -0.4 is 5.32 Å². The molecule has 0 aromatic heterocycles. The van der Waals surface area contributed by atoms with Crippen molar-refractivity contribution in [3.8, 4) is 0 Å². The highest BCUT2D eigenvalue weighted by Crippen LogP contribution is 2.25. The summed E-state index contributed by atoms with van der Waals surface area (Å²) in [6.07, 6.45) is 6.97. The minimum absolute atomic E-state index is 0.162. The van der Waals surface area contributed by atoms with E-state index in [1.54, 1.807) is 18.2 Å². The van der Waals surface area contributed by atoms with Crippen LogP contribution in [-0.2, 0) is 0 Å². The first-order valence-electron chi connectivity index (χ1n) is 7.19. The molecule has 1 atom stereocenters. The van der Waals surface area contributed by atoms with Gasteiger partial charge in [-0.05, 0) is 18.9 Å². The van der Waals surface area contributed by atoms with Gasteiger partial charge >= 0.3 is 0 Å². The molecule has 0 radical (unpaired) electrons. The molecular weight excluding hydrogens is 240 g/mol. The van der Waals surface area contributed by atoms with Gasteiger partial charge in [-0.15, -0.1) is 0 Å². The second-order valence-corrected chi connectivity index (χ2v) is 4.87. The van der Waals surface area contributed by atoms with E-state index in [0.717, 1.165) is 12.8 Å². The third kappa shape index (κ3) is 5.28. The van der Waals surface area contributed by atoms with Gasteiger partial charge in [-0.3, -0.25) is 10.1 Å². The Labute approximate surface area is 115 Å². The maximum absolute atomic E-state index is 11.0. The lowest BCUT2D eigenvalue weighted by Gasteiger charge is -2.18. The summed E-state index contributed by atoms with van der Waals surface area (Å²) in [4.78, 5) is 10.6. The summed E-state index contributed by atoms with van der Waals surface area (Å²) < 4.78 is 0. The zero-order valence-corrected chi connectivity index (χ0v) is 11.9. The zero-order chi connectivity index (χ0) is 14.1. The SMILES string of the molecule is CCCCCCC(CC)Nc1ccccc1[N+](=O)[O-]. The third-order valence-electron chi connectivity index (χ3n) is 3.36. The summed E-state index contributed by atoms with van der Waals surface area (Å²) in [6.45, 7) is 4.31. The fourth-order valence-electron chi connectivity index (χ4n) is 2.17. The van der Waals surface area contributed by atoms with Gasteiger partial charge in [0.05, 0.1) is 4.92 Å². The van der Waals surface area contributed by atoms with Gasteiger partial charge in [-0.25, -0.2) is 0 Å². The lowest BCUT2D eigenvalue weighted by molar-refractivity contribution is -0.384. The van der Waals surface area contributed by atoms with E-state index in [2.05, 4.69) is 19.2 Å². The third-order valence-corrected chi connectivity index (χ3v) is 3.36. The molecule has 1 rings (SSSR count). The van der Waals surface area contributed by atoms with Gasteiger partial charge in [0.1, 0.15) is 5.69 Å². The molecule has 0 aliphatic rings. The summed E-state index contributed by atoms with van der Waals surface area (Å²) in [5.74, 6) is 0. The van der Waals surface area contributed by atoms with Gasteiger partial charge in [0.25, 0.3) is 5.69 Å². The van der Waals surface area contributed by atoms with Crippen molar-refractivity contribution in [1.29, 1.82) is 0 Å². The number of para-hydroxylation sites is 2. The Kier molecular flexibility index (Phi) is 6.93. The zero-order valence-electron chi connectivity index (χ0n) is 11.9. The lowest BCUT2D eigenvalue weighted by atomic mass is 10.0. The smallest absolute Gasteiger partial charge is 0.292 e. The monoisotopic (exact) mass is 264 g/mol. The minimum atomic E-state index is -0.327. The topological polar surface area (TPSA) is 55.2 Å². The van der Waals surface area contributed by atoms with Gasteiger partial charge in [0.15, 0.2) is 0 Å². The van der Waals surface area contributed by atoms with Gasteiger partial charge in [0, 0.05) is 12.1 Å². The molecule has 1 aromatic rings. The molecule has 1 N–H and O–H groups in total. The summed E-state index contributed by atoms with van der Waals surface area (Å²) in [6, 6.07) is 7.18. The van der Waals surface area contributed by atoms with Crippen molar-refractivity contribution in [2.24, 2.45) is 0 Å². The molecule has 0 saturated heterocycles. The Bertz CT molecular complexity index is 393. The van der Waals surface area contributed by atoms with Crippen LogP contribution >= 0.6 is 0 Å². The predicted octanol–water partition coefficient (Wildman–Crippen LogP) is 4.76. The average molecular weight is 264 g/mol. The maximum atomic E-state index is 11.0. The molecule has 0 aliphatic heterocycles. The number of nitrogens with one attached hydrogen (secondary N) is 1. The van der Waals surface area contributed by atoms with Crippen LogP contribution in [0, 0.1) is 10.1 Å². The molecule has 4 nitrogen and oxygen atoms in total.